The van der Waals surface area contributed by atoms with Crippen molar-refractivity contribution in [1.82, 2.24) is 4.72 Å². The monoisotopic (exact) mass is 353 g/mol. The molecule has 0 bridgehead atoms. The molecule has 0 aliphatic rings. The van der Waals surface area contributed by atoms with Gasteiger partial charge in [-0.2, -0.15) is 0 Å². The number of ether oxygens (including phenoxy) is 1. The van der Waals surface area contributed by atoms with Gasteiger partial charge in [0.15, 0.2) is 0 Å². The lowest BCUT2D eigenvalue weighted by Crippen LogP contribution is -2.28. The molecule has 0 radical (unpaired) electrons. The second-order valence-electron chi connectivity index (χ2n) is 5.09. The van der Waals surface area contributed by atoms with E-state index in [1.807, 2.05) is 24.3 Å². The summed E-state index contributed by atoms with van der Waals surface area (Å²) in [5.74, 6) is 0.732. The highest BCUT2D eigenvalue weighted by Gasteiger charge is 2.12. The maximum Gasteiger partial charge on any atom is 0.240 e. The summed E-state index contributed by atoms with van der Waals surface area (Å²) < 4.78 is 32.2. The quantitative estimate of drug-likeness (QED) is 0.737. The minimum atomic E-state index is -3.53. The lowest BCUT2D eigenvalue weighted by Gasteiger charge is -2.09. The number of hydrogen-bond acceptors (Lipinski definition) is 3. The first-order chi connectivity index (χ1) is 11.0. The molecule has 124 valence electrons. The van der Waals surface area contributed by atoms with Crippen molar-refractivity contribution < 1.29 is 13.2 Å². The molecule has 0 saturated heterocycles. The molecule has 4 nitrogen and oxygen atoms in total. The lowest BCUT2D eigenvalue weighted by atomic mass is 10.1. The zero-order valence-corrected chi connectivity index (χ0v) is 14.5. The first-order valence-electron chi connectivity index (χ1n) is 7.48. The number of hydrogen-bond donors (Lipinski definition) is 1. The van der Waals surface area contributed by atoms with Gasteiger partial charge in [0.2, 0.25) is 10.0 Å². The molecule has 0 saturated carbocycles. The largest absolute Gasteiger partial charge is 0.492 e. The van der Waals surface area contributed by atoms with E-state index < -0.39 is 10.0 Å². The van der Waals surface area contributed by atoms with Crippen LogP contribution in [0, 0.1) is 0 Å². The highest BCUT2D eigenvalue weighted by molar-refractivity contribution is 7.89. The van der Waals surface area contributed by atoms with Gasteiger partial charge in [0.05, 0.1) is 4.90 Å². The topological polar surface area (TPSA) is 55.4 Å². The Morgan fingerprint density at radius 3 is 2.30 bits per heavy atom. The van der Waals surface area contributed by atoms with Gasteiger partial charge in [-0.1, -0.05) is 37.1 Å². The molecule has 6 heteroatoms. The fourth-order valence-corrected chi connectivity index (χ4v) is 3.22. The summed E-state index contributed by atoms with van der Waals surface area (Å²) in [5.41, 5.74) is 1.27. The van der Waals surface area contributed by atoms with Crippen LogP contribution in [0.15, 0.2) is 53.4 Å². The predicted octanol–water partition coefficient (Wildman–Crippen LogP) is 3.65. The van der Waals surface area contributed by atoms with Crippen LogP contribution in [0.5, 0.6) is 5.75 Å². The van der Waals surface area contributed by atoms with Gasteiger partial charge in [0.25, 0.3) is 0 Å². The smallest absolute Gasteiger partial charge is 0.240 e. The van der Waals surface area contributed by atoms with Crippen LogP contribution in [0.1, 0.15) is 18.9 Å². The van der Waals surface area contributed by atoms with Crippen molar-refractivity contribution in [1.29, 1.82) is 0 Å². The second kappa shape index (κ2) is 8.34. The molecule has 2 aromatic rings. The van der Waals surface area contributed by atoms with E-state index in [9.17, 15) is 8.42 Å². The molecule has 0 aliphatic heterocycles. The van der Waals surface area contributed by atoms with E-state index in [0.717, 1.165) is 18.6 Å². The molecule has 0 aromatic heterocycles. The summed E-state index contributed by atoms with van der Waals surface area (Å²) >= 11 is 5.75. The third-order valence-corrected chi connectivity index (χ3v) is 4.98. The van der Waals surface area contributed by atoms with Gasteiger partial charge in [-0.25, -0.2) is 13.1 Å². The number of rotatable bonds is 8. The second-order valence-corrected chi connectivity index (χ2v) is 7.30. The molecular formula is C17H20ClNO3S. The first-order valence-corrected chi connectivity index (χ1v) is 9.34. The van der Waals surface area contributed by atoms with Gasteiger partial charge in [-0.3, -0.25) is 0 Å². The van der Waals surface area contributed by atoms with Crippen LogP contribution in [0.4, 0.5) is 0 Å². The summed E-state index contributed by atoms with van der Waals surface area (Å²) in [6.07, 6.45) is 2.15. The van der Waals surface area contributed by atoms with Crippen LogP contribution >= 0.6 is 11.6 Å². The minimum Gasteiger partial charge on any atom is -0.492 e. The Balaban J connectivity index is 1.81. The molecule has 2 rings (SSSR count). The van der Waals surface area contributed by atoms with Crippen molar-refractivity contribution in [3.05, 3.63) is 59.1 Å². The number of benzene rings is 2. The maximum atomic E-state index is 12.1. The Kier molecular flexibility index (Phi) is 6.45. The zero-order valence-electron chi connectivity index (χ0n) is 13.0. The van der Waals surface area contributed by atoms with Crippen molar-refractivity contribution in [2.24, 2.45) is 0 Å². The average molecular weight is 354 g/mol. The maximum absolute atomic E-state index is 12.1. The van der Waals surface area contributed by atoms with Crippen molar-refractivity contribution in [3.8, 4) is 5.75 Å². The summed E-state index contributed by atoms with van der Waals surface area (Å²) in [6, 6.07) is 13.9. The van der Waals surface area contributed by atoms with E-state index in [1.165, 1.54) is 17.7 Å². The Labute approximate surface area is 142 Å². The molecule has 0 atom stereocenters. The summed E-state index contributed by atoms with van der Waals surface area (Å²) in [7, 11) is -3.53. The molecule has 1 N–H and O–H groups in total. The van der Waals surface area contributed by atoms with Crippen LogP contribution in [0.25, 0.3) is 0 Å². The van der Waals surface area contributed by atoms with E-state index in [1.54, 1.807) is 12.1 Å². The normalized spacial score (nSPS) is 11.4. The lowest BCUT2D eigenvalue weighted by molar-refractivity contribution is 0.322. The van der Waals surface area contributed by atoms with E-state index in [2.05, 4.69) is 11.6 Å². The van der Waals surface area contributed by atoms with Crippen LogP contribution in [-0.2, 0) is 16.4 Å². The molecule has 0 spiro atoms. The first kappa shape index (κ1) is 17.8. The summed E-state index contributed by atoms with van der Waals surface area (Å²) in [4.78, 5) is 0.186. The summed E-state index contributed by atoms with van der Waals surface area (Å²) in [5, 5.41) is 0.499. The minimum absolute atomic E-state index is 0.186. The van der Waals surface area contributed by atoms with E-state index in [0.29, 0.717) is 5.02 Å². The van der Waals surface area contributed by atoms with Gasteiger partial charge >= 0.3 is 0 Å². The summed E-state index contributed by atoms with van der Waals surface area (Å²) in [6.45, 7) is 2.60. The molecule has 0 heterocycles. The molecule has 23 heavy (non-hydrogen) atoms. The average Bonchev–Trinajstić information content (AvgIpc) is 2.54. The van der Waals surface area contributed by atoms with Crippen molar-refractivity contribution in [2.45, 2.75) is 24.7 Å². The van der Waals surface area contributed by atoms with Gasteiger partial charge in [0, 0.05) is 11.6 Å². The van der Waals surface area contributed by atoms with E-state index >= 15 is 0 Å². The SMILES string of the molecule is CCCc1ccc(OCCNS(=O)(=O)c2ccc(Cl)cc2)cc1. The fourth-order valence-electron chi connectivity index (χ4n) is 2.08. The van der Waals surface area contributed by atoms with Crippen molar-refractivity contribution >= 4 is 21.6 Å². The number of halogens is 1. The standard InChI is InChI=1S/C17H20ClNO3S/c1-2-3-14-4-8-16(9-5-14)22-13-12-19-23(20,21)17-10-6-15(18)7-11-17/h4-11,19H,2-3,12-13H2,1H3. The van der Waals surface area contributed by atoms with Gasteiger partial charge in [-0.05, 0) is 48.4 Å². The van der Waals surface area contributed by atoms with Crippen molar-refractivity contribution in [2.75, 3.05) is 13.2 Å². The zero-order chi connectivity index (χ0) is 16.7. The molecule has 0 amide bonds. The fraction of sp³-hybridized carbons (Fsp3) is 0.294. The van der Waals surface area contributed by atoms with Gasteiger partial charge in [0.1, 0.15) is 12.4 Å². The Bertz CT molecular complexity index is 713. The molecule has 0 unspecified atom stereocenters. The predicted molar refractivity (Wildman–Crippen MR) is 92.6 cm³/mol. The van der Waals surface area contributed by atoms with Crippen molar-refractivity contribution in [3.63, 3.8) is 0 Å². The molecular weight excluding hydrogens is 334 g/mol. The highest BCUT2D eigenvalue weighted by Crippen LogP contribution is 2.14. The van der Waals surface area contributed by atoms with Crippen LogP contribution in [-0.4, -0.2) is 21.6 Å². The van der Waals surface area contributed by atoms with E-state index in [4.69, 9.17) is 16.3 Å². The molecule has 2 aromatic carbocycles. The van der Waals surface area contributed by atoms with Crippen LogP contribution < -0.4 is 9.46 Å². The number of sulfonamides is 1. The third-order valence-electron chi connectivity index (χ3n) is 3.25. The van der Waals surface area contributed by atoms with Gasteiger partial charge in [-0.15, -0.1) is 0 Å². The number of aryl methyl sites for hydroxylation is 1. The molecule has 0 fully saturated rings. The Morgan fingerprint density at radius 1 is 1.04 bits per heavy atom. The van der Waals surface area contributed by atoms with Gasteiger partial charge < -0.3 is 4.74 Å². The Morgan fingerprint density at radius 2 is 1.70 bits per heavy atom. The number of nitrogens with one attached hydrogen (secondary N) is 1. The van der Waals surface area contributed by atoms with Crippen LogP contribution in [0.2, 0.25) is 5.02 Å². The highest BCUT2D eigenvalue weighted by atomic mass is 35.5. The Hall–Kier alpha value is -1.56. The van der Waals surface area contributed by atoms with E-state index in [-0.39, 0.29) is 18.0 Å². The molecule has 0 aliphatic carbocycles. The third kappa shape index (κ3) is 5.53. The van der Waals surface area contributed by atoms with Crippen LogP contribution in [0.3, 0.4) is 0 Å².